The van der Waals surface area contributed by atoms with Crippen LogP contribution < -0.4 is 15.2 Å². The van der Waals surface area contributed by atoms with E-state index in [-0.39, 0.29) is 5.78 Å². The van der Waals surface area contributed by atoms with Crippen LogP contribution in [0.1, 0.15) is 21.6 Å². The summed E-state index contributed by atoms with van der Waals surface area (Å²) in [4.78, 5) is 13.5. The van der Waals surface area contributed by atoms with E-state index in [2.05, 4.69) is 0 Å². The molecule has 0 bridgehead atoms. The van der Waals surface area contributed by atoms with E-state index in [0.717, 1.165) is 28.0 Å². The first kappa shape index (κ1) is 18.6. The Labute approximate surface area is 169 Å². The van der Waals surface area contributed by atoms with E-state index in [9.17, 15) is 4.79 Å². The average molecular weight is 386 g/mol. The van der Waals surface area contributed by atoms with Gasteiger partial charge >= 0.3 is 0 Å². The van der Waals surface area contributed by atoms with Gasteiger partial charge in [0.15, 0.2) is 0 Å². The van der Waals surface area contributed by atoms with Crippen LogP contribution in [0.5, 0.6) is 11.5 Å². The molecule has 0 aliphatic carbocycles. The molecule has 5 nitrogen and oxygen atoms in total. The van der Waals surface area contributed by atoms with Crippen molar-refractivity contribution in [1.29, 1.82) is 0 Å². The second-order valence-corrected chi connectivity index (χ2v) is 6.82. The largest absolute Gasteiger partial charge is 0.497 e. The zero-order valence-corrected chi connectivity index (χ0v) is 16.6. The van der Waals surface area contributed by atoms with Crippen LogP contribution in [0.4, 0.5) is 5.69 Å². The Balaban J connectivity index is 1.91. The second kappa shape index (κ2) is 7.36. The summed E-state index contributed by atoms with van der Waals surface area (Å²) in [5, 5.41) is 0. The third kappa shape index (κ3) is 3.10. The normalized spacial score (nSPS) is 10.9. The van der Waals surface area contributed by atoms with E-state index in [0.29, 0.717) is 22.7 Å². The van der Waals surface area contributed by atoms with Crippen LogP contribution in [-0.2, 0) is 0 Å². The van der Waals surface area contributed by atoms with Gasteiger partial charge in [0.1, 0.15) is 11.5 Å². The van der Waals surface area contributed by atoms with Gasteiger partial charge in [-0.1, -0.05) is 18.2 Å². The smallest absolute Gasteiger partial charge is 0.210 e. The number of anilines is 1. The Morgan fingerprint density at radius 1 is 0.966 bits per heavy atom. The fourth-order valence-corrected chi connectivity index (χ4v) is 3.72. The summed E-state index contributed by atoms with van der Waals surface area (Å²) in [6.07, 6.45) is 1.91. The number of carbonyl (C=O) groups is 1. The summed E-state index contributed by atoms with van der Waals surface area (Å²) < 4.78 is 12.5. The van der Waals surface area contributed by atoms with Crippen molar-refractivity contribution in [3.63, 3.8) is 0 Å². The number of benzene rings is 2. The predicted molar refractivity (Wildman–Crippen MR) is 115 cm³/mol. The highest BCUT2D eigenvalue weighted by atomic mass is 16.5. The minimum absolute atomic E-state index is 0.0817. The predicted octanol–water partition coefficient (Wildman–Crippen LogP) is 4.75. The second-order valence-electron chi connectivity index (χ2n) is 6.82. The molecule has 0 atom stereocenters. The van der Waals surface area contributed by atoms with Crippen LogP contribution in [0.2, 0.25) is 0 Å². The maximum atomic E-state index is 13.5. The van der Waals surface area contributed by atoms with Gasteiger partial charge in [-0.15, -0.1) is 0 Å². The van der Waals surface area contributed by atoms with Gasteiger partial charge in [-0.25, -0.2) is 0 Å². The number of nitrogens with zero attached hydrogens (tertiary/aromatic N) is 1. The van der Waals surface area contributed by atoms with Crippen molar-refractivity contribution in [2.45, 2.75) is 6.92 Å². The van der Waals surface area contributed by atoms with E-state index in [1.807, 2.05) is 60.0 Å². The van der Waals surface area contributed by atoms with Crippen molar-refractivity contribution in [2.75, 3.05) is 20.0 Å². The molecule has 0 saturated carbocycles. The molecule has 2 aromatic heterocycles. The molecular weight excluding hydrogens is 364 g/mol. The Bertz CT molecular complexity index is 1210. The number of methoxy groups -OCH3 is 2. The lowest BCUT2D eigenvalue weighted by Gasteiger charge is -2.08. The first-order valence-corrected chi connectivity index (χ1v) is 9.27. The third-order valence-electron chi connectivity index (χ3n) is 5.18. The highest BCUT2D eigenvalue weighted by molar-refractivity contribution is 6.12. The topological polar surface area (TPSA) is 66.0 Å². The molecular formula is C24H22N2O3. The summed E-state index contributed by atoms with van der Waals surface area (Å²) >= 11 is 0. The molecule has 2 N–H and O–H groups in total. The summed E-state index contributed by atoms with van der Waals surface area (Å²) in [5.41, 5.74) is 11.5. The number of rotatable bonds is 5. The van der Waals surface area contributed by atoms with Crippen LogP contribution >= 0.6 is 0 Å². The quantitative estimate of drug-likeness (QED) is 0.397. The molecule has 146 valence electrons. The lowest BCUT2D eigenvalue weighted by Crippen LogP contribution is -2.07. The first-order valence-electron chi connectivity index (χ1n) is 9.27. The molecule has 0 unspecified atom stereocenters. The molecule has 0 amide bonds. The Morgan fingerprint density at radius 3 is 2.41 bits per heavy atom. The van der Waals surface area contributed by atoms with Gasteiger partial charge in [-0.2, -0.15) is 0 Å². The molecule has 2 aromatic carbocycles. The highest BCUT2D eigenvalue weighted by Crippen LogP contribution is 2.35. The number of ether oxygens (including phenoxy) is 2. The van der Waals surface area contributed by atoms with E-state index < -0.39 is 0 Å². The molecule has 5 heteroatoms. The summed E-state index contributed by atoms with van der Waals surface area (Å²) in [7, 11) is 3.19. The summed E-state index contributed by atoms with van der Waals surface area (Å²) in [5.74, 6) is 1.20. The molecule has 0 spiro atoms. The zero-order chi connectivity index (χ0) is 20.5. The first-order chi connectivity index (χ1) is 14.0. The lowest BCUT2D eigenvalue weighted by atomic mass is 9.99. The van der Waals surface area contributed by atoms with Crippen molar-refractivity contribution in [3.8, 4) is 22.6 Å². The summed E-state index contributed by atoms with van der Waals surface area (Å²) in [6.45, 7) is 1.98. The van der Waals surface area contributed by atoms with Gasteiger partial charge in [-0.3, -0.25) is 4.79 Å². The minimum Gasteiger partial charge on any atom is -0.497 e. The van der Waals surface area contributed by atoms with Gasteiger partial charge in [-0.05, 0) is 60.5 Å². The zero-order valence-electron chi connectivity index (χ0n) is 16.6. The summed E-state index contributed by atoms with van der Waals surface area (Å²) in [6, 6.07) is 18.9. The van der Waals surface area contributed by atoms with E-state index >= 15 is 0 Å². The van der Waals surface area contributed by atoms with Crippen molar-refractivity contribution in [1.82, 2.24) is 4.40 Å². The maximum Gasteiger partial charge on any atom is 0.210 e. The molecule has 4 aromatic rings. The van der Waals surface area contributed by atoms with E-state index in [1.54, 1.807) is 32.4 Å². The van der Waals surface area contributed by atoms with Gasteiger partial charge in [0.05, 0.1) is 31.1 Å². The number of hydrogen-bond acceptors (Lipinski definition) is 4. The number of hydrogen-bond donors (Lipinski definition) is 1. The van der Waals surface area contributed by atoms with Crippen LogP contribution in [0.25, 0.3) is 16.6 Å². The lowest BCUT2D eigenvalue weighted by molar-refractivity contribution is 0.103. The SMILES string of the molecule is COc1ccc(-c2c(C)c(C(=O)c3ccc(N)c(OC)c3)n3ccccc23)cc1. The van der Waals surface area contributed by atoms with Crippen molar-refractivity contribution in [3.05, 3.63) is 83.7 Å². The molecule has 0 saturated heterocycles. The van der Waals surface area contributed by atoms with Crippen LogP contribution in [0, 0.1) is 6.92 Å². The molecule has 0 fully saturated rings. The molecule has 4 rings (SSSR count). The number of ketones is 1. The van der Waals surface area contributed by atoms with Gasteiger partial charge < -0.3 is 19.6 Å². The average Bonchev–Trinajstić information content (AvgIpc) is 3.05. The molecule has 29 heavy (non-hydrogen) atoms. The monoisotopic (exact) mass is 386 g/mol. The van der Waals surface area contributed by atoms with Crippen LogP contribution in [0.15, 0.2) is 66.9 Å². The van der Waals surface area contributed by atoms with Gasteiger partial charge in [0.2, 0.25) is 5.78 Å². The molecule has 2 heterocycles. The Morgan fingerprint density at radius 2 is 1.72 bits per heavy atom. The van der Waals surface area contributed by atoms with Crippen LogP contribution in [-0.4, -0.2) is 24.4 Å². The minimum atomic E-state index is -0.0817. The standard InChI is InChI=1S/C24H22N2O3/c1-15-22(16-7-10-18(28-2)11-8-16)20-6-4-5-13-26(20)23(15)24(27)17-9-12-19(25)21(14-17)29-3/h4-14H,25H2,1-3H3. The van der Waals surface area contributed by atoms with Crippen molar-refractivity contribution in [2.24, 2.45) is 0 Å². The Kier molecular flexibility index (Phi) is 4.72. The number of nitrogen functional groups attached to an aromatic ring is 1. The van der Waals surface area contributed by atoms with E-state index in [1.165, 1.54) is 0 Å². The maximum absolute atomic E-state index is 13.5. The number of nitrogens with two attached hydrogens (primary N) is 1. The number of fused-ring (bicyclic) bond motifs is 1. The molecule has 0 aliphatic heterocycles. The fraction of sp³-hybridized carbons (Fsp3) is 0.125. The molecule has 0 radical (unpaired) electrons. The highest BCUT2D eigenvalue weighted by Gasteiger charge is 2.23. The van der Waals surface area contributed by atoms with Crippen LogP contribution in [0.3, 0.4) is 0 Å². The van der Waals surface area contributed by atoms with Crippen molar-refractivity contribution >= 4 is 17.0 Å². The van der Waals surface area contributed by atoms with Gasteiger partial charge in [0, 0.05) is 17.3 Å². The number of aromatic nitrogens is 1. The van der Waals surface area contributed by atoms with E-state index in [4.69, 9.17) is 15.2 Å². The molecule has 0 aliphatic rings. The van der Waals surface area contributed by atoms with Gasteiger partial charge in [0.25, 0.3) is 0 Å². The number of pyridine rings is 1. The third-order valence-corrected chi connectivity index (χ3v) is 5.18. The fourth-order valence-electron chi connectivity index (χ4n) is 3.72. The van der Waals surface area contributed by atoms with Crippen molar-refractivity contribution < 1.29 is 14.3 Å². The Hall–Kier alpha value is -3.73. The number of carbonyl (C=O) groups excluding carboxylic acids is 1.